The summed E-state index contributed by atoms with van der Waals surface area (Å²) in [6.07, 6.45) is 9.43. The fraction of sp³-hybridized carbons (Fsp3) is 0.240. The normalized spacial score (nSPS) is 11.8. The Kier molecular flexibility index (Phi) is 9.83. The molecular formula is C25H25ClN8O2S3. The van der Waals surface area contributed by atoms with Crippen LogP contribution < -0.4 is 0 Å². The number of hydrogen-bond acceptors (Lipinski definition) is 10. The van der Waals surface area contributed by atoms with E-state index < -0.39 is 4.92 Å². The van der Waals surface area contributed by atoms with Crippen LogP contribution in [0.2, 0.25) is 0 Å². The van der Waals surface area contributed by atoms with E-state index in [9.17, 15) is 10.1 Å². The van der Waals surface area contributed by atoms with Gasteiger partial charge in [-0.05, 0) is 60.3 Å². The van der Waals surface area contributed by atoms with Crippen molar-refractivity contribution >= 4 is 59.2 Å². The summed E-state index contributed by atoms with van der Waals surface area (Å²) in [5.41, 5.74) is 4.67. The van der Waals surface area contributed by atoms with Gasteiger partial charge in [-0.3, -0.25) is 9.97 Å². The first-order valence-corrected chi connectivity index (χ1v) is 14.6. The summed E-state index contributed by atoms with van der Waals surface area (Å²) in [7, 11) is 0. The van der Waals surface area contributed by atoms with Crippen molar-refractivity contribution in [1.29, 1.82) is 0 Å². The van der Waals surface area contributed by atoms with Gasteiger partial charge in [-0.1, -0.05) is 27.4 Å². The predicted octanol–water partition coefficient (Wildman–Crippen LogP) is 6.35. The molecule has 5 rings (SSSR count). The van der Waals surface area contributed by atoms with Gasteiger partial charge < -0.3 is 15.1 Å². The number of imidazole rings is 2. The van der Waals surface area contributed by atoms with Crippen LogP contribution in [0, 0.1) is 24.0 Å². The van der Waals surface area contributed by atoms with Gasteiger partial charge in [-0.15, -0.1) is 35.9 Å². The maximum atomic E-state index is 11.2. The van der Waals surface area contributed by atoms with Crippen molar-refractivity contribution in [2.24, 2.45) is 0 Å². The number of hydrogen-bond donors (Lipinski definition) is 1. The Morgan fingerprint density at radius 1 is 1.00 bits per heavy atom. The molecule has 39 heavy (non-hydrogen) atoms. The lowest BCUT2D eigenvalue weighted by molar-refractivity contribution is -0.391. The highest BCUT2D eigenvalue weighted by atomic mass is 35.5. The average molecular weight is 601 g/mol. The smallest absolute Gasteiger partial charge is 0.358 e. The zero-order valence-electron chi connectivity index (χ0n) is 21.1. The molecule has 10 nitrogen and oxygen atoms in total. The topological polar surface area (TPSA) is 128 Å². The van der Waals surface area contributed by atoms with Gasteiger partial charge in [-0.25, -0.2) is 9.97 Å². The molecule has 5 heterocycles. The Hall–Kier alpha value is -3.13. The number of nitrogens with one attached hydrogen (secondary N) is 1. The maximum absolute atomic E-state index is 11.2. The molecule has 0 saturated carbocycles. The highest BCUT2D eigenvalue weighted by Crippen LogP contribution is 2.41. The fourth-order valence-electron chi connectivity index (χ4n) is 3.86. The van der Waals surface area contributed by atoms with Crippen molar-refractivity contribution in [3.05, 3.63) is 93.9 Å². The summed E-state index contributed by atoms with van der Waals surface area (Å²) >= 11 is 4.99. The van der Waals surface area contributed by atoms with Gasteiger partial charge in [0.15, 0.2) is 5.16 Å². The van der Waals surface area contributed by atoms with Crippen LogP contribution >= 0.6 is 47.7 Å². The summed E-state index contributed by atoms with van der Waals surface area (Å²) in [6, 6.07) is 9.67. The van der Waals surface area contributed by atoms with Gasteiger partial charge in [0.05, 0.1) is 16.6 Å². The second kappa shape index (κ2) is 13.3. The second-order valence-electron chi connectivity index (χ2n) is 8.28. The molecule has 202 valence electrons. The number of halogens is 1. The second-order valence-corrected chi connectivity index (χ2v) is 11.6. The molecule has 0 bridgehead atoms. The molecule has 0 fully saturated rings. The van der Waals surface area contributed by atoms with Gasteiger partial charge in [0.25, 0.3) is 0 Å². The molecule has 0 aromatic carbocycles. The standard InChI is InChI=1S/C25H24N8O2S3.ClH/c1-16-5-3-9-26-22(16)24(38-25-28-11-12-29-25)23-17(2)18(8-10-27-23)36-13-4-14-37-20-7-6-19-30-15-21(33(34)35)32(19)31-20;/h3,5-12,15,24H,4,13-14H2,1-2H3,(H,28,29);1H. The van der Waals surface area contributed by atoms with Crippen LogP contribution in [-0.2, 0) is 0 Å². The van der Waals surface area contributed by atoms with Crippen LogP contribution in [0.5, 0.6) is 0 Å². The molecule has 0 radical (unpaired) electrons. The van der Waals surface area contributed by atoms with Gasteiger partial charge in [-0.2, -0.15) is 0 Å². The van der Waals surface area contributed by atoms with E-state index in [1.165, 1.54) is 15.6 Å². The molecule has 5 aromatic heterocycles. The molecule has 0 aliphatic carbocycles. The van der Waals surface area contributed by atoms with Crippen LogP contribution in [0.3, 0.4) is 0 Å². The van der Waals surface area contributed by atoms with Crippen LogP contribution in [0.25, 0.3) is 5.65 Å². The molecule has 0 spiro atoms. The van der Waals surface area contributed by atoms with E-state index in [-0.39, 0.29) is 23.5 Å². The minimum Gasteiger partial charge on any atom is -0.358 e. The molecular weight excluding hydrogens is 576 g/mol. The third-order valence-electron chi connectivity index (χ3n) is 5.75. The number of H-pyrrole nitrogens is 1. The molecule has 0 amide bonds. The van der Waals surface area contributed by atoms with E-state index in [1.807, 2.05) is 30.7 Å². The molecule has 0 aliphatic rings. The Bertz CT molecular complexity index is 1560. The highest BCUT2D eigenvalue weighted by molar-refractivity contribution is 8.00. The predicted molar refractivity (Wildman–Crippen MR) is 157 cm³/mol. The molecule has 1 N–H and O–H groups in total. The van der Waals surface area contributed by atoms with Crippen LogP contribution in [0.1, 0.15) is 34.2 Å². The van der Waals surface area contributed by atoms with Crippen molar-refractivity contribution in [3.63, 3.8) is 0 Å². The third kappa shape index (κ3) is 6.72. The zero-order chi connectivity index (χ0) is 26.5. The molecule has 1 atom stereocenters. The molecule has 1 unspecified atom stereocenters. The number of aromatic nitrogens is 7. The zero-order valence-corrected chi connectivity index (χ0v) is 24.3. The van der Waals surface area contributed by atoms with Gasteiger partial charge in [0.2, 0.25) is 5.65 Å². The minimum atomic E-state index is -0.476. The number of aromatic amines is 1. The Labute approximate surface area is 243 Å². The van der Waals surface area contributed by atoms with Crippen LogP contribution in [-0.4, -0.2) is 51.0 Å². The number of thioether (sulfide) groups is 3. The van der Waals surface area contributed by atoms with E-state index in [4.69, 9.17) is 9.97 Å². The van der Waals surface area contributed by atoms with Crippen molar-refractivity contribution < 1.29 is 4.92 Å². The summed E-state index contributed by atoms with van der Waals surface area (Å²) < 4.78 is 1.28. The number of aryl methyl sites for hydroxylation is 1. The van der Waals surface area contributed by atoms with Crippen molar-refractivity contribution in [2.45, 2.75) is 40.6 Å². The quantitative estimate of drug-likeness (QED) is 0.0793. The van der Waals surface area contributed by atoms with E-state index in [2.05, 4.69) is 46.0 Å². The number of fused-ring (bicyclic) bond motifs is 1. The molecule has 0 aliphatic heterocycles. The first kappa shape index (κ1) is 28.9. The number of nitro groups is 1. The van der Waals surface area contributed by atoms with Crippen LogP contribution in [0.4, 0.5) is 5.82 Å². The lowest BCUT2D eigenvalue weighted by Crippen LogP contribution is -2.07. The monoisotopic (exact) mass is 600 g/mol. The summed E-state index contributed by atoms with van der Waals surface area (Å²) in [4.78, 5) is 33.0. The largest absolute Gasteiger partial charge is 0.368 e. The van der Waals surface area contributed by atoms with Crippen molar-refractivity contribution in [1.82, 2.24) is 34.5 Å². The first-order valence-electron chi connectivity index (χ1n) is 11.8. The van der Waals surface area contributed by atoms with Crippen molar-refractivity contribution in [3.8, 4) is 0 Å². The lowest BCUT2D eigenvalue weighted by atomic mass is 10.1. The highest BCUT2D eigenvalue weighted by Gasteiger charge is 2.24. The number of rotatable bonds is 11. The van der Waals surface area contributed by atoms with Gasteiger partial charge >= 0.3 is 5.82 Å². The van der Waals surface area contributed by atoms with E-state index >= 15 is 0 Å². The number of nitrogens with zero attached hydrogens (tertiary/aromatic N) is 7. The van der Waals surface area contributed by atoms with Crippen LogP contribution in [0.15, 0.2) is 76.4 Å². The Morgan fingerprint density at radius 2 is 1.82 bits per heavy atom. The van der Waals surface area contributed by atoms with Gasteiger partial charge in [0, 0.05) is 41.5 Å². The minimum absolute atomic E-state index is 0. The van der Waals surface area contributed by atoms with Gasteiger partial charge in [0.1, 0.15) is 11.2 Å². The molecule has 5 aromatic rings. The number of pyridine rings is 2. The summed E-state index contributed by atoms with van der Waals surface area (Å²) in [5, 5.41) is 17.0. The van der Waals surface area contributed by atoms with E-state index in [1.54, 1.807) is 47.5 Å². The van der Waals surface area contributed by atoms with E-state index in [0.29, 0.717) is 5.65 Å². The summed E-state index contributed by atoms with van der Waals surface area (Å²) in [6.45, 7) is 4.19. The third-order valence-corrected chi connectivity index (χ3v) is 9.13. The first-order chi connectivity index (χ1) is 18.5. The van der Waals surface area contributed by atoms with Crippen molar-refractivity contribution in [2.75, 3.05) is 11.5 Å². The maximum Gasteiger partial charge on any atom is 0.368 e. The SMILES string of the molecule is Cc1cccnc1C(Sc1ncc[nH]1)c1nccc(SCCCSc2ccc3ncc([N+](=O)[O-])n3n2)c1C.Cl. The Morgan fingerprint density at radius 3 is 2.59 bits per heavy atom. The Balaban J connectivity index is 0.00000353. The fourth-order valence-corrected chi connectivity index (χ4v) is 7.02. The summed E-state index contributed by atoms with van der Waals surface area (Å²) in [5.74, 6) is 1.63. The lowest BCUT2D eigenvalue weighted by Gasteiger charge is -2.19. The molecule has 0 saturated heterocycles. The molecule has 14 heteroatoms. The average Bonchev–Trinajstić information content (AvgIpc) is 3.58. The van der Waals surface area contributed by atoms with E-state index in [0.717, 1.165) is 50.6 Å².